The highest BCUT2D eigenvalue weighted by molar-refractivity contribution is 5.94. The fourth-order valence-corrected chi connectivity index (χ4v) is 1.35. The number of benzene rings is 1. The Morgan fingerprint density at radius 2 is 2.00 bits per heavy atom. The molecule has 0 atom stereocenters. The minimum atomic E-state index is -0.306. The molecule has 0 heterocycles. The summed E-state index contributed by atoms with van der Waals surface area (Å²) in [5.41, 5.74) is 1.87. The number of esters is 1. The van der Waals surface area contributed by atoms with Gasteiger partial charge in [0.1, 0.15) is 0 Å². The van der Waals surface area contributed by atoms with Crippen molar-refractivity contribution in [2.45, 2.75) is 13.8 Å². The average molecular weight is 216 g/mol. The van der Waals surface area contributed by atoms with E-state index in [-0.39, 0.29) is 5.97 Å². The van der Waals surface area contributed by atoms with Crippen LogP contribution in [0.5, 0.6) is 0 Å². The molecule has 0 N–H and O–H groups in total. The predicted molar refractivity (Wildman–Crippen MR) is 65.9 cm³/mol. The second kappa shape index (κ2) is 6.62. The van der Waals surface area contributed by atoms with E-state index in [1.807, 2.05) is 49.4 Å². The number of rotatable bonds is 4. The van der Waals surface area contributed by atoms with Crippen LogP contribution in [0.15, 0.2) is 48.6 Å². The van der Waals surface area contributed by atoms with Gasteiger partial charge < -0.3 is 4.74 Å². The fourth-order valence-electron chi connectivity index (χ4n) is 1.35. The van der Waals surface area contributed by atoms with Crippen LogP contribution in [-0.4, -0.2) is 12.6 Å². The Morgan fingerprint density at radius 1 is 1.31 bits per heavy atom. The number of carbonyl (C=O) groups excluding carboxylic acids is 1. The van der Waals surface area contributed by atoms with Gasteiger partial charge >= 0.3 is 5.97 Å². The highest BCUT2D eigenvalue weighted by Gasteiger charge is 2.01. The Labute approximate surface area is 96.2 Å². The van der Waals surface area contributed by atoms with Gasteiger partial charge in [0.25, 0.3) is 0 Å². The molecule has 0 amide bonds. The molecule has 0 unspecified atom stereocenters. The van der Waals surface area contributed by atoms with Gasteiger partial charge in [-0.05, 0) is 25.0 Å². The van der Waals surface area contributed by atoms with Crippen molar-refractivity contribution in [1.82, 2.24) is 0 Å². The van der Waals surface area contributed by atoms with Crippen molar-refractivity contribution in [3.8, 4) is 0 Å². The second-order valence-corrected chi connectivity index (χ2v) is 3.22. The smallest absolute Gasteiger partial charge is 0.331 e. The fraction of sp³-hybridized carbons (Fsp3) is 0.214. The molecule has 0 radical (unpaired) electrons. The lowest BCUT2D eigenvalue weighted by molar-refractivity contribution is -0.137. The van der Waals surface area contributed by atoms with Crippen molar-refractivity contribution in [2.75, 3.05) is 6.61 Å². The van der Waals surface area contributed by atoms with E-state index in [1.165, 1.54) is 6.08 Å². The molecule has 0 bridgehead atoms. The van der Waals surface area contributed by atoms with E-state index in [0.29, 0.717) is 6.61 Å². The first-order valence-electron chi connectivity index (χ1n) is 5.34. The zero-order valence-electron chi connectivity index (χ0n) is 9.64. The molecule has 0 saturated carbocycles. The molecule has 0 spiro atoms. The van der Waals surface area contributed by atoms with Gasteiger partial charge in [-0.1, -0.05) is 42.5 Å². The molecular formula is C14H16O2. The van der Waals surface area contributed by atoms with Gasteiger partial charge in [0.2, 0.25) is 0 Å². The number of allylic oxidation sites excluding steroid dienone is 3. The SMILES string of the molecule is C/C=C\C(=C\C(=O)OCC)c1ccccc1. The maximum atomic E-state index is 11.4. The normalized spacial score (nSPS) is 11.8. The molecular weight excluding hydrogens is 200 g/mol. The summed E-state index contributed by atoms with van der Waals surface area (Å²) in [5, 5.41) is 0. The van der Waals surface area contributed by atoms with Crippen LogP contribution in [0.1, 0.15) is 19.4 Å². The summed E-state index contributed by atoms with van der Waals surface area (Å²) in [7, 11) is 0. The Bertz CT molecular complexity index is 388. The lowest BCUT2D eigenvalue weighted by Gasteiger charge is -2.02. The Morgan fingerprint density at radius 3 is 2.56 bits per heavy atom. The third-order valence-corrected chi connectivity index (χ3v) is 2.01. The molecule has 84 valence electrons. The van der Waals surface area contributed by atoms with Crippen LogP contribution in [-0.2, 0) is 9.53 Å². The topological polar surface area (TPSA) is 26.3 Å². The van der Waals surface area contributed by atoms with Gasteiger partial charge in [-0.3, -0.25) is 0 Å². The standard InChI is InChI=1S/C14H16O2/c1-3-8-13(11-14(15)16-4-2)12-9-6-5-7-10-12/h3,5-11H,4H2,1-2H3/b8-3-,13-11-. The first kappa shape index (κ1) is 12.2. The Balaban J connectivity index is 2.96. The van der Waals surface area contributed by atoms with E-state index >= 15 is 0 Å². The average Bonchev–Trinajstić information content (AvgIpc) is 2.30. The summed E-state index contributed by atoms with van der Waals surface area (Å²) in [6.07, 6.45) is 5.31. The van der Waals surface area contributed by atoms with Gasteiger partial charge in [0, 0.05) is 6.08 Å². The first-order chi connectivity index (χ1) is 7.77. The van der Waals surface area contributed by atoms with Crippen molar-refractivity contribution in [3.05, 3.63) is 54.1 Å². The molecule has 1 rings (SSSR count). The Hall–Kier alpha value is -1.83. The van der Waals surface area contributed by atoms with Crippen LogP contribution in [0, 0.1) is 0 Å². The third-order valence-electron chi connectivity index (χ3n) is 2.01. The molecule has 0 aliphatic rings. The van der Waals surface area contributed by atoms with Gasteiger partial charge in [-0.2, -0.15) is 0 Å². The molecule has 16 heavy (non-hydrogen) atoms. The highest BCUT2D eigenvalue weighted by Crippen LogP contribution is 2.15. The van der Waals surface area contributed by atoms with E-state index < -0.39 is 0 Å². The number of hydrogen-bond donors (Lipinski definition) is 0. The number of carbonyl (C=O) groups is 1. The maximum Gasteiger partial charge on any atom is 0.331 e. The van der Waals surface area contributed by atoms with Crippen LogP contribution < -0.4 is 0 Å². The van der Waals surface area contributed by atoms with Crippen LogP contribution >= 0.6 is 0 Å². The first-order valence-corrected chi connectivity index (χ1v) is 5.34. The lowest BCUT2D eigenvalue weighted by atomic mass is 10.1. The number of ether oxygens (including phenoxy) is 1. The van der Waals surface area contributed by atoms with Crippen LogP contribution in [0.25, 0.3) is 5.57 Å². The van der Waals surface area contributed by atoms with E-state index in [1.54, 1.807) is 6.92 Å². The monoisotopic (exact) mass is 216 g/mol. The van der Waals surface area contributed by atoms with Gasteiger partial charge in [0.05, 0.1) is 6.61 Å². The summed E-state index contributed by atoms with van der Waals surface area (Å²) in [6, 6.07) is 9.76. The van der Waals surface area contributed by atoms with Gasteiger partial charge in [-0.25, -0.2) is 4.79 Å². The van der Waals surface area contributed by atoms with Crippen molar-refractivity contribution in [3.63, 3.8) is 0 Å². The van der Waals surface area contributed by atoms with Crippen molar-refractivity contribution in [2.24, 2.45) is 0 Å². The molecule has 0 aromatic heterocycles. The summed E-state index contributed by atoms with van der Waals surface area (Å²) >= 11 is 0. The molecule has 0 fully saturated rings. The zero-order valence-corrected chi connectivity index (χ0v) is 9.64. The largest absolute Gasteiger partial charge is 0.463 e. The minimum absolute atomic E-state index is 0.306. The van der Waals surface area contributed by atoms with E-state index in [4.69, 9.17) is 4.74 Å². The molecule has 1 aromatic rings. The summed E-state index contributed by atoms with van der Waals surface area (Å²) in [6.45, 7) is 4.11. The quantitative estimate of drug-likeness (QED) is 0.439. The minimum Gasteiger partial charge on any atom is -0.463 e. The molecule has 1 aromatic carbocycles. The summed E-state index contributed by atoms with van der Waals surface area (Å²) < 4.78 is 4.89. The van der Waals surface area contributed by atoms with Crippen molar-refractivity contribution < 1.29 is 9.53 Å². The van der Waals surface area contributed by atoms with Gasteiger partial charge in [0.15, 0.2) is 0 Å². The zero-order chi connectivity index (χ0) is 11.8. The van der Waals surface area contributed by atoms with Gasteiger partial charge in [-0.15, -0.1) is 0 Å². The van der Waals surface area contributed by atoms with Crippen molar-refractivity contribution in [1.29, 1.82) is 0 Å². The lowest BCUT2D eigenvalue weighted by Crippen LogP contribution is -2.00. The molecule has 0 aliphatic heterocycles. The van der Waals surface area contributed by atoms with E-state index in [0.717, 1.165) is 11.1 Å². The third kappa shape index (κ3) is 3.73. The van der Waals surface area contributed by atoms with Crippen molar-refractivity contribution >= 4 is 11.5 Å². The summed E-state index contributed by atoms with van der Waals surface area (Å²) in [4.78, 5) is 11.4. The Kier molecular flexibility index (Phi) is 5.06. The summed E-state index contributed by atoms with van der Waals surface area (Å²) in [5.74, 6) is -0.306. The highest BCUT2D eigenvalue weighted by atomic mass is 16.5. The van der Waals surface area contributed by atoms with Crippen LogP contribution in [0.2, 0.25) is 0 Å². The van der Waals surface area contributed by atoms with E-state index in [2.05, 4.69) is 0 Å². The molecule has 0 aliphatic carbocycles. The molecule has 0 saturated heterocycles. The number of hydrogen-bond acceptors (Lipinski definition) is 2. The molecule has 2 heteroatoms. The second-order valence-electron chi connectivity index (χ2n) is 3.22. The van der Waals surface area contributed by atoms with E-state index in [9.17, 15) is 4.79 Å². The van der Waals surface area contributed by atoms with Crippen LogP contribution in [0.3, 0.4) is 0 Å². The molecule has 2 nitrogen and oxygen atoms in total. The van der Waals surface area contributed by atoms with Crippen LogP contribution in [0.4, 0.5) is 0 Å². The maximum absolute atomic E-state index is 11.4. The predicted octanol–water partition coefficient (Wildman–Crippen LogP) is 3.21.